The molecule has 0 bridgehead atoms. The molecule has 0 aliphatic rings. The third-order valence-corrected chi connectivity index (χ3v) is 3.00. The quantitative estimate of drug-likeness (QED) is 0.887. The zero-order valence-electron chi connectivity index (χ0n) is 8.51. The summed E-state index contributed by atoms with van der Waals surface area (Å²) in [5.74, 6) is -1.24. The molecule has 1 atom stereocenters. The molecule has 16 heavy (non-hydrogen) atoms. The van der Waals surface area contributed by atoms with Gasteiger partial charge in [0.05, 0.1) is 0 Å². The number of aliphatic hydroxyl groups is 1. The first-order valence-electron chi connectivity index (χ1n) is 4.66. The molecule has 0 saturated heterocycles. The van der Waals surface area contributed by atoms with Gasteiger partial charge in [-0.1, -0.05) is 15.9 Å². The van der Waals surface area contributed by atoms with Crippen LogP contribution in [0.2, 0.25) is 0 Å². The Morgan fingerprint density at radius 2 is 2.19 bits per heavy atom. The van der Waals surface area contributed by atoms with Crippen LogP contribution >= 0.6 is 15.9 Å². The average Bonchev–Trinajstić information content (AvgIpc) is 2.54. The van der Waals surface area contributed by atoms with E-state index in [0.717, 1.165) is 15.4 Å². The van der Waals surface area contributed by atoms with Crippen LogP contribution in [-0.2, 0) is 11.8 Å². The minimum atomic E-state index is -1.49. The summed E-state index contributed by atoms with van der Waals surface area (Å²) in [6, 6.07) is 5.55. The zero-order chi connectivity index (χ0) is 11.9. The number of carbonyl (C=O) groups is 1. The lowest BCUT2D eigenvalue weighted by Gasteiger charge is -2.03. The first kappa shape index (κ1) is 11.2. The number of benzene rings is 1. The largest absolute Gasteiger partial charge is 0.479 e. The molecule has 1 aromatic heterocycles. The summed E-state index contributed by atoms with van der Waals surface area (Å²) in [7, 11) is 1.81. The summed E-state index contributed by atoms with van der Waals surface area (Å²) in [4.78, 5) is 10.8. The highest BCUT2D eigenvalue weighted by atomic mass is 79.9. The van der Waals surface area contributed by atoms with Gasteiger partial charge in [0, 0.05) is 34.2 Å². The van der Waals surface area contributed by atoms with Gasteiger partial charge >= 0.3 is 5.97 Å². The zero-order valence-corrected chi connectivity index (χ0v) is 10.1. The van der Waals surface area contributed by atoms with Crippen LogP contribution in [0.15, 0.2) is 28.9 Å². The van der Waals surface area contributed by atoms with Gasteiger partial charge in [-0.25, -0.2) is 4.79 Å². The first-order chi connectivity index (χ1) is 7.50. The summed E-state index contributed by atoms with van der Waals surface area (Å²) < 4.78 is 2.65. The number of aromatic nitrogens is 1. The van der Waals surface area contributed by atoms with Gasteiger partial charge in [0.15, 0.2) is 6.10 Å². The number of aliphatic carboxylic acids is 1. The van der Waals surface area contributed by atoms with Gasteiger partial charge in [0.25, 0.3) is 0 Å². The summed E-state index contributed by atoms with van der Waals surface area (Å²) >= 11 is 3.32. The molecule has 0 spiro atoms. The van der Waals surface area contributed by atoms with Crippen LogP contribution in [0.25, 0.3) is 10.9 Å². The van der Waals surface area contributed by atoms with E-state index in [1.54, 1.807) is 16.8 Å². The lowest BCUT2D eigenvalue weighted by atomic mass is 10.1. The van der Waals surface area contributed by atoms with E-state index in [1.165, 1.54) is 0 Å². The minimum Gasteiger partial charge on any atom is -0.479 e. The molecule has 0 aliphatic carbocycles. The van der Waals surface area contributed by atoms with Crippen LogP contribution in [0.1, 0.15) is 11.7 Å². The number of fused-ring (bicyclic) bond motifs is 1. The van der Waals surface area contributed by atoms with Gasteiger partial charge in [0.1, 0.15) is 0 Å². The van der Waals surface area contributed by atoms with Crippen LogP contribution in [-0.4, -0.2) is 20.7 Å². The van der Waals surface area contributed by atoms with Gasteiger partial charge in [-0.05, 0) is 18.2 Å². The van der Waals surface area contributed by atoms with Gasteiger partial charge in [-0.15, -0.1) is 0 Å². The minimum absolute atomic E-state index is 0.409. The molecule has 0 fully saturated rings. The summed E-state index contributed by atoms with van der Waals surface area (Å²) in [6.07, 6.45) is 0.147. The lowest BCUT2D eigenvalue weighted by Crippen LogP contribution is -2.09. The molecule has 2 rings (SSSR count). The maximum atomic E-state index is 10.8. The topological polar surface area (TPSA) is 62.5 Å². The number of rotatable bonds is 2. The fourth-order valence-electron chi connectivity index (χ4n) is 1.75. The molecular weight excluding hydrogens is 274 g/mol. The number of carboxylic acids is 1. The van der Waals surface area contributed by atoms with Crippen molar-refractivity contribution in [2.45, 2.75) is 6.10 Å². The summed E-state index contributed by atoms with van der Waals surface area (Å²) in [6.45, 7) is 0. The number of halogens is 1. The molecule has 1 heterocycles. The van der Waals surface area contributed by atoms with Gasteiger partial charge in [-0.2, -0.15) is 0 Å². The van der Waals surface area contributed by atoms with Crippen molar-refractivity contribution in [3.63, 3.8) is 0 Å². The summed E-state index contributed by atoms with van der Waals surface area (Å²) in [5.41, 5.74) is 1.30. The highest BCUT2D eigenvalue weighted by Gasteiger charge is 2.20. The number of hydrogen-bond acceptors (Lipinski definition) is 2. The van der Waals surface area contributed by atoms with Crippen LogP contribution in [0, 0.1) is 0 Å². The SMILES string of the molecule is Cn1cc(C(O)C(=O)O)c2cc(Br)ccc21. The van der Waals surface area contributed by atoms with Crippen LogP contribution < -0.4 is 0 Å². The number of aliphatic hydroxyl groups excluding tert-OH is 1. The highest BCUT2D eigenvalue weighted by molar-refractivity contribution is 9.10. The molecule has 0 radical (unpaired) electrons. The predicted octanol–water partition coefficient (Wildman–Crippen LogP) is 2.06. The number of carboxylic acid groups (broad SMARTS) is 1. The van der Waals surface area contributed by atoms with Crippen LogP contribution in [0.5, 0.6) is 0 Å². The Balaban J connectivity index is 2.70. The molecule has 0 amide bonds. The van der Waals surface area contributed by atoms with E-state index in [4.69, 9.17) is 5.11 Å². The third-order valence-electron chi connectivity index (χ3n) is 2.51. The predicted molar refractivity (Wildman–Crippen MR) is 63.2 cm³/mol. The number of nitrogens with zero attached hydrogens (tertiary/aromatic N) is 1. The van der Waals surface area contributed by atoms with E-state index in [-0.39, 0.29) is 0 Å². The molecule has 0 aliphatic heterocycles. The fraction of sp³-hybridized carbons (Fsp3) is 0.182. The van der Waals surface area contributed by atoms with Crippen molar-refractivity contribution in [1.82, 2.24) is 4.57 Å². The normalized spacial score (nSPS) is 12.9. The van der Waals surface area contributed by atoms with Crippen molar-refractivity contribution in [1.29, 1.82) is 0 Å². The monoisotopic (exact) mass is 283 g/mol. The number of hydrogen-bond donors (Lipinski definition) is 2. The van der Waals surface area contributed by atoms with E-state index >= 15 is 0 Å². The molecule has 0 saturated carbocycles. The Morgan fingerprint density at radius 1 is 1.50 bits per heavy atom. The molecule has 4 nitrogen and oxygen atoms in total. The van der Waals surface area contributed by atoms with Crippen molar-refractivity contribution in [2.75, 3.05) is 0 Å². The molecule has 1 aromatic carbocycles. The fourth-order valence-corrected chi connectivity index (χ4v) is 2.11. The standard InChI is InChI=1S/C11H10BrNO3/c1-13-5-8(10(14)11(15)16)7-4-6(12)2-3-9(7)13/h2-5,10,14H,1H3,(H,15,16). The van der Waals surface area contributed by atoms with E-state index < -0.39 is 12.1 Å². The maximum absolute atomic E-state index is 10.8. The Morgan fingerprint density at radius 3 is 2.81 bits per heavy atom. The van der Waals surface area contributed by atoms with Crippen molar-refractivity contribution >= 4 is 32.8 Å². The van der Waals surface area contributed by atoms with Gasteiger partial charge < -0.3 is 14.8 Å². The van der Waals surface area contributed by atoms with Crippen molar-refractivity contribution in [3.05, 3.63) is 34.4 Å². The molecule has 5 heteroatoms. The third kappa shape index (κ3) is 1.72. The Labute approximate surface area is 100 Å². The Bertz CT molecular complexity index is 562. The second kappa shape index (κ2) is 3.92. The van der Waals surface area contributed by atoms with E-state index in [9.17, 15) is 9.90 Å². The second-order valence-corrected chi connectivity index (χ2v) is 4.51. The highest BCUT2D eigenvalue weighted by Crippen LogP contribution is 2.28. The van der Waals surface area contributed by atoms with Crippen molar-refractivity contribution in [2.24, 2.45) is 7.05 Å². The average molecular weight is 284 g/mol. The maximum Gasteiger partial charge on any atom is 0.337 e. The molecule has 84 valence electrons. The second-order valence-electron chi connectivity index (χ2n) is 3.60. The van der Waals surface area contributed by atoms with Gasteiger partial charge in [0.2, 0.25) is 0 Å². The molecule has 2 aromatic rings. The molecular formula is C11H10BrNO3. The summed E-state index contributed by atoms with van der Waals surface area (Å²) in [5, 5.41) is 19.1. The van der Waals surface area contributed by atoms with Crippen molar-refractivity contribution < 1.29 is 15.0 Å². The Hall–Kier alpha value is -1.33. The van der Waals surface area contributed by atoms with E-state index in [1.807, 2.05) is 19.2 Å². The van der Waals surface area contributed by atoms with Crippen LogP contribution in [0.3, 0.4) is 0 Å². The van der Waals surface area contributed by atoms with Gasteiger partial charge in [-0.3, -0.25) is 0 Å². The smallest absolute Gasteiger partial charge is 0.337 e. The van der Waals surface area contributed by atoms with Crippen LogP contribution in [0.4, 0.5) is 0 Å². The molecule has 1 unspecified atom stereocenters. The van der Waals surface area contributed by atoms with E-state index in [0.29, 0.717) is 5.56 Å². The first-order valence-corrected chi connectivity index (χ1v) is 5.45. The number of aryl methyl sites for hydroxylation is 1. The Kier molecular flexibility index (Phi) is 2.73. The lowest BCUT2D eigenvalue weighted by molar-refractivity contribution is -0.146. The molecule has 2 N–H and O–H groups in total. The van der Waals surface area contributed by atoms with E-state index in [2.05, 4.69) is 15.9 Å². The van der Waals surface area contributed by atoms with Crippen molar-refractivity contribution in [3.8, 4) is 0 Å².